The maximum Gasteiger partial charge on any atom is 0.221 e. The number of aromatic nitrogens is 1. The standard InChI is InChI=1S/C14H20ClN5/c1-2-3-4-7-17-14-18-10-20(11-19-14)9-13-12(15)6-5-8-16-13/h5-6,8,10H,2-4,7,9,11H2,1H3,(H,17,19). The Balaban J connectivity index is 1.78. The maximum absolute atomic E-state index is 6.09. The molecule has 0 spiro atoms. The molecule has 1 N–H and O–H groups in total. The summed E-state index contributed by atoms with van der Waals surface area (Å²) in [4.78, 5) is 14.9. The molecule has 5 nitrogen and oxygen atoms in total. The van der Waals surface area contributed by atoms with Gasteiger partial charge in [-0.3, -0.25) is 4.98 Å². The van der Waals surface area contributed by atoms with Gasteiger partial charge < -0.3 is 10.2 Å². The van der Waals surface area contributed by atoms with E-state index in [-0.39, 0.29) is 0 Å². The molecule has 2 heterocycles. The monoisotopic (exact) mass is 293 g/mol. The van der Waals surface area contributed by atoms with Crippen LogP contribution in [0.15, 0.2) is 28.3 Å². The lowest BCUT2D eigenvalue weighted by molar-refractivity contribution is 0.427. The second-order valence-electron chi connectivity index (χ2n) is 4.68. The Morgan fingerprint density at radius 1 is 1.40 bits per heavy atom. The fourth-order valence-corrected chi connectivity index (χ4v) is 2.05. The van der Waals surface area contributed by atoms with Gasteiger partial charge in [0.15, 0.2) is 0 Å². The van der Waals surface area contributed by atoms with Gasteiger partial charge in [-0.25, -0.2) is 9.98 Å². The molecule has 1 aromatic rings. The highest BCUT2D eigenvalue weighted by molar-refractivity contribution is 6.31. The van der Waals surface area contributed by atoms with Crippen molar-refractivity contribution in [3.63, 3.8) is 0 Å². The Morgan fingerprint density at radius 3 is 3.00 bits per heavy atom. The Kier molecular flexibility index (Phi) is 5.80. The van der Waals surface area contributed by atoms with Crippen LogP contribution < -0.4 is 5.32 Å². The summed E-state index contributed by atoms with van der Waals surface area (Å²) < 4.78 is 0. The van der Waals surface area contributed by atoms with Crippen molar-refractivity contribution in [3.05, 3.63) is 29.0 Å². The molecular formula is C14H20ClN5. The number of hydrogen-bond acceptors (Lipinski definition) is 5. The van der Waals surface area contributed by atoms with E-state index >= 15 is 0 Å². The summed E-state index contributed by atoms with van der Waals surface area (Å²) in [7, 11) is 0. The molecule has 0 aromatic carbocycles. The van der Waals surface area contributed by atoms with Gasteiger partial charge in [-0.2, -0.15) is 0 Å². The van der Waals surface area contributed by atoms with Gasteiger partial charge in [0.2, 0.25) is 5.96 Å². The molecule has 2 rings (SSSR count). The minimum atomic E-state index is 0.576. The number of nitrogens with zero attached hydrogens (tertiary/aromatic N) is 4. The van der Waals surface area contributed by atoms with E-state index in [2.05, 4.69) is 27.2 Å². The molecule has 0 saturated carbocycles. The summed E-state index contributed by atoms with van der Waals surface area (Å²) >= 11 is 6.09. The smallest absolute Gasteiger partial charge is 0.221 e. The van der Waals surface area contributed by atoms with Crippen LogP contribution in [0.25, 0.3) is 0 Å². The van der Waals surface area contributed by atoms with Crippen LogP contribution in [0.2, 0.25) is 5.02 Å². The Labute approximate surface area is 124 Å². The lowest BCUT2D eigenvalue weighted by Crippen LogP contribution is -2.32. The van der Waals surface area contributed by atoms with E-state index < -0.39 is 0 Å². The van der Waals surface area contributed by atoms with Crippen LogP contribution in [0, 0.1) is 0 Å². The first kappa shape index (κ1) is 14.8. The molecule has 108 valence electrons. The van der Waals surface area contributed by atoms with Gasteiger partial charge >= 0.3 is 0 Å². The number of rotatable bonds is 6. The molecule has 1 aromatic heterocycles. The molecule has 0 bridgehead atoms. The van der Waals surface area contributed by atoms with Crippen LogP contribution in [-0.2, 0) is 6.54 Å². The molecule has 0 amide bonds. The van der Waals surface area contributed by atoms with Crippen molar-refractivity contribution in [3.8, 4) is 0 Å². The highest BCUT2D eigenvalue weighted by atomic mass is 35.5. The molecule has 0 saturated heterocycles. The largest absolute Gasteiger partial charge is 0.354 e. The van der Waals surface area contributed by atoms with Gasteiger partial charge in [0.25, 0.3) is 0 Å². The van der Waals surface area contributed by atoms with Crippen molar-refractivity contribution < 1.29 is 0 Å². The van der Waals surface area contributed by atoms with Gasteiger partial charge in [0.1, 0.15) is 6.67 Å². The first-order valence-corrected chi connectivity index (χ1v) is 7.33. The lowest BCUT2D eigenvalue weighted by atomic mass is 10.2. The van der Waals surface area contributed by atoms with Crippen molar-refractivity contribution in [1.29, 1.82) is 0 Å². The van der Waals surface area contributed by atoms with Gasteiger partial charge in [0, 0.05) is 12.7 Å². The highest BCUT2D eigenvalue weighted by Crippen LogP contribution is 2.14. The van der Waals surface area contributed by atoms with E-state index in [9.17, 15) is 0 Å². The highest BCUT2D eigenvalue weighted by Gasteiger charge is 2.10. The first-order chi connectivity index (χ1) is 9.79. The Morgan fingerprint density at radius 2 is 2.30 bits per heavy atom. The summed E-state index contributed by atoms with van der Waals surface area (Å²) in [5.74, 6) is 0.712. The SMILES string of the molecule is CCCCCNC1=NCN(Cc2ncccc2Cl)C=N1. The number of guanidine groups is 1. The molecule has 1 aliphatic rings. The van der Waals surface area contributed by atoms with E-state index in [1.54, 1.807) is 12.5 Å². The number of unbranched alkanes of at least 4 members (excludes halogenated alkanes) is 2. The van der Waals surface area contributed by atoms with Crippen molar-refractivity contribution >= 4 is 23.9 Å². The normalized spacial score (nSPS) is 14.3. The van der Waals surface area contributed by atoms with E-state index in [1.165, 1.54) is 12.8 Å². The average Bonchev–Trinajstić information content (AvgIpc) is 2.48. The lowest BCUT2D eigenvalue weighted by Gasteiger charge is -2.21. The zero-order chi connectivity index (χ0) is 14.2. The van der Waals surface area contributed by atoms with E-state index in [4.69, 9.17) is 11.6 Å². The number of nitrogens with one attached hydrogen (secondary N) is 1. The predicted octanol–water partition coefficient (Wildman–Crippen LogP) is 2.67. The zero-order valence-corrected chi connectivity index (χ0v) is 12.5. The van der Waals surface area contributed by atoms with Crippen molar-refractivity contribution in [2.24, 2.45) is 9.98 Å². The predicted molar refractivity (Wildman–Crippen MR) is 83.1 cm³/mol. The second kappa shape index (κ2) is 7.85. The zero-order valence-electron chi connectivity index (χ0n) is 11.7. The van der Waals surface area contributed by atoms with E-state index in [0.29, 0.717) is 24.2 Å². The second-order valence-corrected chi connectivity index (χ2v) is 5.09. The molecule has 0 fully saturated rings. The molecule has 0 radical (unpaired) electrons. The molecule has 20 heavy (non-hydrogen) atoms. The van der Waals surface area contributed by atoms with Crippen molar-refractivity contribution in [1.82, 2.24) is 15.2 Å². The van der Waals surface area contributed by atoms with Crippen LogP contribution in [0.3, 0.4) is 0 Å². The van der Waals surface area contributed by atoms with Crippen molar-refractivity contribution in [2.75, 3.05) is 13.2 Å². The van der Waals surface area contributed by atoms with Gasteiger partial charge in [0.05, 0.1) is 23.6 Å². The third kappa shape index (κ3) is 4.49. The number of hydrogen-bond donors (Lipinski definition) is 1. The third-order valence-electron chi connectivity index (χ3n) is 3.00. The minimum absolute atomic E-state index is 0.576. The summed E-state index contributed by atoms with van der Waals surface area (Å²) in [5.41, 5.74) is 0.843. The molecule has 0 unspecified atom stereocenters. The summed E-state index contributed by atoms with van der Waals surface area (Å²) in [6.45, 7) is 4.31. The Hall–Kier alpha value is -1.62. The van der Waals surface area contributed by atoms with Gasteiger partial charge in [-0.05, 0) is 18.6 Å². The van der Waals surface area contributed by atoms with Crippen LogP contribution >= 0.6 is 11.6 Å². The van der Waals surface area contributed by atoms with Crippen LogP contribution in [0.1, 0.15) is 31.9 Å². The van der Waals surface area contributed by atoms with E-state index in [1.807, 2.05) is 17.0 Å². The maximum atomic E-state index is 6.09. The number of aliphatic imine (C=N–C) groups is 2. The van der Waals surface area contributed by atoms with Crippen LogP contribution in [0.5, 0.6) is 0 Å². The van der Waals surface area contributed by atoms with Crippen LogP contribution in [0.4, 0.5) is 0 Å². The summed E-state index contributed by atoms with van der Waals surface area (Å²) in [6, 6.07) is 3.67. The quantitative estimate of drug-likeness (QED) is 0.821. The molecule has 0 atom stereocenters. The topological polar surface area (TPSA) is 52.9 Å². The molecular weight excluding hydrogens is 274 g/mol. The molecule has 1 aliphatic heterocycles. The van der Waals surface area contributed by atoms with Gasteiger partial charge in [-0.15, -0.1) is 0 Å². The fraction of sp³-hybridized carbons (Fsp3) is 0.500. The third-order valence-corrected chi connectivity index (χ3v) is 3.34. The summed E-state index contributed by atoms with van der Waals surface area (Å²) in [5, 5.41) is 3.91. The van der Waals surface area contributed by atoms with Crippen LogP contribution in [-0.4, -0.2) is 35.4 Å². The number of pyridine rings is 1. The fourth-order valence-electron chi connectivity index (χ4n) is 1.87. The number of halogens is 1. The first-order valence-electron chi connectivity index (χ1n) is 6.95. The summed E-state index contributed by atoms with van der Waals surface area (Å²) in [6.07, 6.45) is 7.13. The van der Waals surface area contributed by atoms with Gasteiger partial charge in [-0.1, -0.05) is 31.4 Å². The van der Waals surface area contributed by atoms with Crippen molar-refractivity contribution in [2.45, 2.75) is 32.7 Å². The minimum Gasteiger partial charge on any atom is -0.354 e. The molecule has 6 heteroatoms. The van der Waals surface area contributed by atoms with E-state index in [0.717, 1.165) is 18.7 Å². The Bertz CT molecular complexity index is 486. The molecule has 0 aliphatic carbocycles. The average molecular weight is 294 g/mol.